The highest BCUT2D eigenvalue weighted by atomic mass is 79.9. The Morgan fingerprint density at radius 2 is 1.82 bits per heavy atom. The average molecular weight is 397 g/mol. The van der Waals surface area contributed by atoms with E-state index in [1.165, 1.54) is 0 Å². The number of benzene rings is 1. The Morgan fingerprint density at radius 1 is 1.27 bits per heavy atom. The Morgan fingerprint density at radius 3 is 2.36 bits per heavy atom. The van der Waals surface area contributed by atoms with Crippen LogP contribution in [0.1, 0.15) is 12.8 Å². The topological polar surface area (TPSA) is 77.5 Å². The summed E-state index contributed by atoms with van der Waals surface area (Å²) in [4.78, 5) is 5.47. The first-order valence-electron chi connectivity index (χ1n) is 6.44. The number of hydrogen-bond donors (Lipinski definition) is 3. The van der Waals surface area contributed by atoms with E-state index < -0.39 is 5.92 Å². The summed E-state index contributed by atoms with van der Waals surface area (Å²) in [5, 5.41) is 10.5. The first-order chi connectivity index (χ1) is 9.85. The van der Waals surface area contributed by atoms with Gasteiger partial charge in [-0.05, 0) is 24.3 Å². The van der Waals surface area contributed by atoms with Crippen molar-refractivity contribution in [3.63, 3.8) is 0 Å². The van der Waals surface area contributed by atoms with Crippen LogP contribution in [-0.2, 0) is 0 Å². The van der Waals surface area contributed by atoms with E-state index in [2.05, 4.69) is 26.2 Å². The maximum Gasteiger partial charge on any atom is 0.251 e. The quantitative estimate of drug-likeness (QED) is 0.504. The van der Waals surface area contributed by atoms with Crippen molar-refractivity contribution in [3.8, 4) is 0 Å². The minimum Gasteiger partial charge on any atom is -0.369 e. The smallest absolute Gasteiger partial charge is 0.251 e. The van der Waals surface area contributed by atoms with Crippen molar-refractivity contribution in [1.29, 1.82) is 5.41 Å². The Hall–Kier alpha value is -1.41. The number of nitrogens with one attached hydrogen (secondary N) is 2. The molecule has 1 aliphatic rings. The number of halogens is 4. The van der Waals surface area contributed by atoms with Crippen molar-refractivity contribution < 1.29 is 8.78 Å². The van der Waals surface area contributed by atoms with Crippen LogP contribution < -0.4 is 11.1 Å². The summed E-state index contributed by atoms with van der Waals surface area (Å²) in [6.07, 6.45) is -0.479. The van der Waals surface area contributed by atoms with Gasteiger partial charge in [-0.15, -0.1) is 12.4 Å². The summed E-state index contributed by atoms with van der Waals surface area (Å²) in [5.41, 5.74) is 6.46. The Kier molecular flexibility index (Phi) is 6.55. The van der Waals surface area contributed by atoms with Crippen LogP contribution in [0.2, 0.25) is 0 Å². The number of aliphatic imine (C=N–C) groups is 1. The van der Waals surface area contributed by atoms with Crippen LogP contribution in [0, 0.1) is 5.41 Å². The van der Waals surface area contributed by atoms with E-state index in [1.807, 2.05) is 12.1 Å². The van der Waals surface area contributed by atoms with Gasteiger partial charge in [-0.3, -0.25) is 5.41 Å². The third kappa shape index (κ3) is 5.42. The fraction of sp³-hybridized carbons (Fsp3) is 0.385. The fourth-order valence-corrected chi connectivity index (χ4v) is 2.21. The molecule has 0 amide bonds. The molecule has 1 aromatic rings. The number of likely N-dealkylation sites (tertiary alicyclic amines) is 1. The number of nitrogens with zero attached hydrogens (tertiary/aromatic N) is 2. The van der Waals surface area contributed by atoms with Gasteiger partial charge in [0.05, 0.1) is 0 Å². The molecule has 0 aliphatic carbocycles. The number of hydrogen-bond acceptors (Lipinski definition) is 1. The molecule has 1 fully saturated rings. The standard InChI is InChI=1S/C13H16BrF2N5.ClH/c14-9-1-3-10(4-2-9)19-11(17)20-12(18)21-7-5-13(15,16)6-8-21;/h1-4H,5-8H2,(H4,17,18,19,20);1H. The first kappa shape index (κ1) is 18.6. The Labute approximate surface area is 142 Å². The van der Waals surface area contributed by atoms with E-state index in [0.717, 1.165) is 4.47 Å². The Bertz CT molecular complexity index is 540. The molecule has 0 unspecified atom stereocenters. The number of nitrogens with two attached hydrogens (primary N) is 1. The normalized spacial score (nSPS) is 17.6. The molecule has 1 aromatic carbocycles. The molecule has 0 aromatic heterocycles. The van der Waals surface area contributed by atoms with Gasteiger partial charge in [0.15, 0.2) is 5.96 Å². The van der Waals surface area contributed by atoms with Gasteiger partial charge in [-0.2, -0.15) is 4.99 Å². The third-order valence-corrected chi connectivity index (χ3v) is 3.68. The maximum absolute atomic E-state index is 13.1. The van der Waals surface area contributed by atoms with Gasteiger partial charge >= 0.3 is 0 Å². The molecule has 4 N–H and O–H groups in total. The van der Waals surface area contributed by atoms with Gasteiger partial charge in [-0.25, -0.2) is 8.78 Å². The molecule has 9 heteroatoms. The van der Waals surface area contributed by atoms with E-state index in [1.54, 1.807) is 17.0 Å². The first-order valence-corrected chi connectivity index (χ1v) is 7.23. The van der Waals surface area contributed by atoms with E-state index in [9.17, 15) is 8.78 Å². The lowest BCUT2D eigenvalue weighted by Gasteiger charge is -2.32. The average Bonchev–Trinajstić information content (AvgIpc) is 2.41. The van der Waals surface area contributed by atoms with Crippen molar-refractivity contribution in [1.82, 2.24) is 4.90 Å². The van der Waals surface area contributed by atoms with Gasteiger partial charge in [0.25, 0.3) is 5.92 Å². The lowest BCUT2D eigenvalue weighted by Crippen LogP contribution is -2.46. The molecule has 1 aliphatic heterocycles. The molecule has 5 nitrogen and oxygen atoms in total. The van der Waals surface area contributed by atoms with Gasteiger partial charge in [0, 0.05) is 36.1 Å². The predicted octanol–water partition coefficient (Wildman–Crippen LogP) is 3.26. The molecule has 1 saturated heterocycles. The van der Waals surface area contributed by atoms with Gasteiger partial charge in [0.2, 0.25) is 5.96 Å². The zero-order valence-electron chi connectivity index (χ0n) is 11.7. The van der Waals surface area contributed by atoms with E-state index in [-0.39, 0.29) is 50.3 Å². The predicted molar refractivity (Wildman–Crippen MR) is 90.1 cm³/mol. The molecule has 22 heavy (non-hydrogen) atoms. The third-order valence-electron chi connectivity index (χ3n) is 3.15. The van der Waals surface area contributed by atoms with Crippen molar-refractivity contribution >= 4 is 45.9 Å². The van der Waals surface area contributed by atoms with E-state index >= 15 is 0 Å². The summed E-state index contributed by atoms with van der Waals surface area (Å²) >= 11 is 3.32. The monoisotopic (exact) mass is 395 g/mol. The van der Waals surface area contributed by atoms with E-state index in [0.29, 0.717) is 5.69 Å². The highest BCUT2D eigenvalue weighted by molar-refractivity contribution is 9.10. The summed E-state index contributed by atoms with van der Waals surface area (Å²) in [6, 6.07) is 7.22. The van der Waals surface area contributed by atoms with Crippen molar-refractivity contribution in [3.05, 3.63) is 28.7 Å². The molecule has 2 rings (SSSR count). The van der Waals surface area contributed by atoms with Crippen LogP contribution in [0.15, 0.2) is 33.7 Å². The largest absolute Gasteiger partial charge is 0.369 e. The zero-order chi connectivity index (χ0) is 15.5. The lowest BCUT2D eigenvalue weighted by molar-refractivity contribution is -0.0435. The summed E-state index contributed by atoms with van der Waals surface area (Å²) in [6.45, 7) is 0.293. The van der Waals surface area contributed by atoms with Crippen LogP contribution in [0.3, 0.4) is 0 Å². The van der Waals surface area contributed by atoms with E-state index in [4.69, 9.17) is 11.1 Å². The molecule has 0 spiro atoms. The minimum atomic E-state index is -2.63. The Balaban J connectivity index is 0.00000242. The summed E-state index contributed by atoms with van der Waals surface area (Å²) in [7, 11) is 0. The molecular formula is C13H17BrClF2N5. The molecule has 1 heterocycles. The number of alkyl halides is 2. The molecule has 122 valence electrons. The zero-order valence-corrected chi connectivity index (χ0v) is 14.1. The van der Waals surface area contributed by atoms with Crippen molar-refractivity contribution in [2.75, 3.05) is 18.4 Å². The highest BCUT2D eigenvalue weighted by Crippen LogP contribution is 2.27. The van der Waals surface area contributed by atoms with Gasteiger partial charge in [0.1, 0.15) is 0 Å². The molecule has 0 bridgehead atoms. The minimum absolute atomic E-state index is 0. The SMILES string of the molecule is Cl.N=C(N=C(N)N1CCC(F)(F)CC1)Nc1ccc(Br)cc1. The summed E-state index contributed by atoms with van der Waals surface area (Å²) < 4.78 is 27.0. The van der Waals surface area contributed by atoms with Crippen LogP contribution >= 0.6 is 28.3 Å². The maximum atomic E-state index is 13.1. The number of guanidine groups is 2. The summed E-state index contributed by atoms with van der Waals surface area (Å²) in [5.74, 6) is -2.67. The molecule has 0 atom stereocenters. The second-order valence-corrected chi connectivity index (χ2v) is 5.71. The lowest BCUT2D eigenvalue weighted by atomic mass is 10.1. The number of piperidine rings is 1. The van der Waals surface area contributed by atoms with Crippen molar-refractivity contribution in [2.45, 2.75) is 18.8 Å². The molecular weight excluding hydrogens is 380 g/mol. The fourth-order valence-electron chi connectivity index (χ4n) is 1.95. The van der Waals surface area contributed by atoms with Crippen LogP contribution in [0.25, 0.3) is 0 Å². The highest BCUT2D eigenvalue weighted by Gasteiger charge is 2.34. The van der Waals surface area contributed by atoms with Gasteiger partial charge in [-0.1, -0.05) is 15.9 Å². The van der Waals surface area contributed by atoms with Crippen LogP contribution in [-0.4, -0.2) is 35.8 Å². The molecule has 0 radical (unpaired) electrons. The second kappa shape index (κ2) is 7.73. The number of rotatable bonds is 1. The van der Waals surface area contributed by atoms with Gasteiger partial charge < -0.3 is 16.0 Å². The molecule has 0 saturated carbocycles. The van der Waals surface area contributed by atoms with Crippen LogP contribution in [0.5, 0.6) is 0 Å². The number of anilines is 1. The second-order valence-electron chi connectivity index (χ2n) is 4.79. The van der Waals surface area contributed by atoms with Crippen LogP contribution in [0.4, 0.5) is 14.5 Å². The van der Waals surface area contributed by atoms with Crippen molar-refractivity contribution in [2.24, 2.45) is 10.7 Å².